The molecule has 1 aromatic heterocycles. The minimum Gasteiger partial charge on any atom is -0.339 e. The van der Waals surface area contributed by atoms with Gasteiger partial charge in [-0.2, -0.15) is 4.98 Å². The van der Waals surface area contributed by atoms with Crippen LogP contribution in [0, 0.1) is 23.4 Å². The molecule has 0 atom stereocenters. The number of amides is 1. The van der Waals surface area contributed by atoms with Crippen molar-refractivity contribution in [2.75, 3.05) is 13.1 Å². The van der Waals surface area contributed by atoms with E-state index in [1.807, 2.05) is 0 Å². The Morgan fingerprint density at radius 3 is 2.45 bits per heavy atom. The first-order valence-corrected chi connectivity index (χ1v) is 9.32. The predicted octanol–water partition coefficient (Wildman–Crippen LogP) is 4.25. The van der Waals surface area contributed by atoms with E-state index in [2.05, 4.69) is 10.1 Å². The zero-order valence-corrected chi connectivity index (χ0v) is 15.4. The van der Waals surface area contributed by atoms with Crippen LogP contribution in [0.1, 0.15) is 29.1 Å². The van der Waals surface area contributed by atoms with E-state index in [0.29, 0.717) is 49.6 Å². The Morgan fingerprint density at radius 2 is 1.72 bits per heavy atom. The SMILES string of the molecule is O=C(c1cc(F)ccc1F)N1CCC(Cc2nc(-c3ccc(F)cc3)no2)CC1. The Morgan fingerprint density at radius 1 is 1.03 bits per heavy atom. The molecule has 0 radical (unpaired) electrons. The molecular weight excluding hydrogens is 383 g/mol. The molecule has 0 saturated carbocycles. The minimum atomic E-state index is -0.724. The highest BCUT2D eigenvalue weighted by atomic mass is 19.1. The number of hydrogen-bond donors (Lipinski definition) is 0. The smallest absolute Gasteiger partial charge is 0.256 e. The van der Waals surface area contributed by atoms with Crippen LogP contribution in [0.15, 0.2) is 47.0 Å². The molecule has 1 fully saturated rings. The van der Waals surface area contributed by atoms with Gasteiger partial charge >= 0.3 is 0 Å². The van der Waals surface area contributed by atoms with Gasteiger partial charge in [0.25, 0.3) is 5.91 Å². The van der Waals surface area contributed by atoms with Crippen molar-refractivity contribution in [2.45, 2.75) is 19.3 Å². The first-order chi connectivity index (χ1) is 14.0. The van der Waals surface area contributed by atoms with Gasteiger partial charge in [-0.3, -0.25) is 4.79 Å². The van der Waals surface area contributed by atoms with Crippen molar-refractivity contribution in [1.29, 1.82) is 0 Å². The Hall–Kier alpha value is -3.16. The van der Waals surface area contributed by atoms with Gasteiger partial charge in [0.2, 0.25) is 11.7 Å². The lowest BCUT2D eigenvalue weighted by Crippen LogP contribution is -2.39. The van der Waals surface area contributed by atoms with Crippen molar-refractivity contribution in [3.8, 4) is 11.4 Å². The summed E-state index contributed by atoms with van der Waals surface area (Å²) in [7, 11) is 0. The Balaban J connectivity index is 1.35. The molecule has 2 heterocycles. The summed E-state index contributed by atoms with van der Waals surface area (Å²) < 4.78 is 45.5. The number of carbonyl (C=O) groups excluding carboxylic acids is 1. The van der Waals surface area contributed by atoms with Gasteiger partial charge in [-0.25, -0.2) is 13.2 Å². The molecule has 29 heavy (non-hydrogen) atoms. The van der Waals surface area contributed by atoms with Crippen LogP contribution in [0.2, 0.25) is 0 Å². The maximum absolute atomic E-state index is 13.8. The van der Waals surface area contributed by atoms with Crippen LogP contribution in [-0.4, -0.2) is 34.0 Å². The minimum absolute atomic E-state index is 0.234. The van der Waals surface area contributed by atoms with E-state index in [4.69, 9.17) is 4.52 Å². The number of nitrogens with zero attached hydrogens (tertiary/aromatic N) is 3. The van der Waals surface area contributed by atoms with E-state index >= 15 is 0 Å². The van der Waals surface area contributed by atoms with Gasteiger partial charge in [-0.15, -0.1) is 0 Å². The summed E-state index contributed by atoms with van der Waals surface area (Å²) in [6.07, 6.45) is 1.94. The second-order valence-electron chi connectivity index (χ2n) is 7.08. The first kappa shape index (κ1) is 19.2. The average molecular weight is 401 g/mol. The maximum Gasteiger partial charge on any atom is 0.256 e. The van der Waals surface area contributed by atoms with Gasteiger partial charge in [0.15, 0.2) is 0 Å². The third-order valence-electron chi connectivity index (χ3n) is 5.09. The van der Waals surface area contributed by atoms with Crippen molar-refractivity contribution in [3.05, 3.63) is 71.4 Å². The molecule has 1 aliphatic heterocycles. The third kappa shape index (κ3) is 4.31. The highest BCUT2D eigenvalue weighted by molar-refractivity contribution is 5.94. The number of likely N-dealkylation sites (tertiary alicyclic amines) is 1. The topological polar surface area (TPSA) is 59.2 Å². The van der Waals surface area contributed by atoms with Gasteiger partial charge in [-0.1, -0.05) is 5.16 Å². The number of aromatic nitrogens is 2. The van der Waals surface area contributed by atoms with Gasteiger partial charge in [0.1, 0.15) is 17.5 Å². The van der Waals surface area contributed by atoms with Crippen molar-refractivity contribution < 1.29 is 22.5 Å². The monoisotopic (exact) mass is 401 g/mol. The van der Waals surface area contributed by atoms with E-state index in [-0.39, 0.29) is 17.3 Å². The van der Waals surface area contributed by atoms with Gasteiger partial charge in [0, 0.05) is 25.1 Å². The molecule has 0 spiro atoms. The Kier molecular flexibility index (Phi) is 5.33. The standard InChI is InChI=1S/C21H18F3N3O2/c22-15-3-1-14(2-4-15)20-25-19(29-26-20)11-13-7-9-27(10-8-13)21(28)17-12-16(23)5-6-18(17)24/h1-6,12-13H,7-11H2. The molecule has 5 nitrogen and oxygen atoms in total. The van der Waals surface area contributed by atoms with Crippen LogP contribution < -0.4 is 0 Å². The molecule has 0 unspecified atom stereocenters. The second kappa shape index (κ2) is 8.06. The number of rotatable bonds is 4. The summed E-state index contributed by atoms with van der Waals surface area (Å²) in [6, 6.07) is 8.71. The van der Waals surface area contributed by atoms with Crippen molar-refractivity contribution in [3.63, 3.8) is 0 Å². The van der Waals surface area contributed by atoms with E-state index < -0.39 is 17.5 Å². The Bertz CT molecular complexity index is 1010. The summed E-state index contributed by atoms with van der Waals surface area (Å²) in [5.41, 5.74) is 0.420. The molecule has 1 aliphatic rings. The molecular formula is C21H18F3N3O2. The van der Waals surface area contributed by atoms with Crippen LogP contribution in [0.4, 0.5) is 13.2 Å². The molecule has 2 aromatic carbocycles. The molecule has 0 bridgehead atoms. The summed E-state index contributed by atoms with van der Waals surface area (Å²) >= 11 is 0. The predicted molar refractivity (Wildman–Crippen MR) is 98.4 cm³/mol. The number of piperidine rings is 1. The van der Waals surface area contributed by atoms with Crippen LogP contribution >= 0.6 is 0 Å². The lowest BCUT2D eigenvalue weighted by Gasteiger charge is -2.31. The number of halogens is 3. The quantitative estimate of drug-likeness (QED) is 0.656. The van der Waals surface area contributed by atoms with Crippen molar-refractivity contribution in [2.24, 2.45) is 5.92 Å². The highest BCUT2D eigenvalue weighted by Gasteiger charge is 2.27. The lowest BCUT2D eigenvalue weighted by molar-refractivity contribution is 0.0682. The summed E-state index contributed by atoms with van der Waals surface area (Å²) in [5.74, 6) is -1.10. The Labute approximate surface area is 165 Å². The third-order valence-corrected chi connectivity index (χ3v) is 5.09. The summed E-state index contributed by atoms with van der Waals surface area (Å²) in [6.45, 7) is 0.886. The van der Waals surface area contributed by atoms with E-state index in [1.165, 1.54) is 17.0 Å². The number of hydrogen-bond acceptors (Lipinski definition) is 4. The fourth-order valence-corrected chi connectivity index (χ4v) is 3.47. The normalized spacial score (nSPS) is 14.9. The fraction of sp³-hybridized carbons (Fsp3) is 0.286. The van der Waals surface area contributed by atoms with Crippen molar-refractivity contribution >= 4 is 5.91 Å². The first-order valence-electron chi connectivity index (χ1n) is 9.32. The fourth-order valence-electron chi connectivity index (χ4n) is 3.47. The summed E-state index contributed by atoms with van der Waals surface area (Å²) in [5, 5.41) is 3.93. The summed E-state index contributed by atoms with van der Waals surface area (Å²) in [4.78, 5) is 18.4. The van der Waals surface area contributed by atoms with Crippen LogP contribution in [-0.2, 0) is 6.42 Å². The average Bonchev–Trinajstić information content (AvgIpc) is 3.19. The second-order valence-corrected chi connectivity index (χ2v) is 7.08. The molecule has 8 heteroatoms. The molecule has 1 amide bonds. The largest absolute Gasteiger partial charge is 0.339 e. The zero-order valence-electron chi connectivity index (χ0n) is 15.4. The van der Waals surface area contributed by atoms with E-state index in [9.17, 15) is 18.0 Å². The molecule has 0 aliphatic carbocycles. The molecule has 0 N–H and O–H groups in total. The molecule has 4 rings (SSSR count). The van der Waals surface area contributed by atoms with E-state index in [1.54, 1.807) is 12.1 Å². The molecule has 1 saturated heterocycles. The maximum atomic E-state index is 13.8. The van der Waals surface area contributed by atoms with Gasteiger partial charge in [-0.05, 0) is 61.2 Å². The van der Waals surface area contributed by atoms with Crippen LogP contribution in [0.25, 0.3) is 11.4 Å². The van der Waals surface area contributed by atoms with Gasteiger partial charge in [0.05, 0.1) is 5.56 Å². The van der Waals surface area contributed by atoms with Crippen LogP contribution in [0.5, 0.6) is 0 Å². The van der Waals surface area contributed by atoms with E-state index in [0.717, 1.165) is 18.2 Å². The molecule has 150 valence electrons. The lowest BCUT2D eigenvalue weighted by atomic mass is 9.93. The highest BCUT2D eigenvalue weighted by Crippen LogP contribution is 2.24. The number of benzene rings is 2. The van der Waals surface area contributed by atoms with Gasteiger partial charge < -0.3 is 9.42 Å². The zero-order chi connectivity index (χ0) is 20.4. The van der Waals surface area contributed by atoms with Crippen molar-refractivity contribution in [1.82, 2.24) is 15.0 Å². The molecule has 3 aromatic rings. The van der Waals surface area contributed by atoms with Crippen LogP contribution in [0.3, 0.4) is 0 Å². The number of carbonyl (C=O) groups is 1.